The van der Waals surface area contributed by atoms with Crippen LogP contribution in [0.1, 0.15) is 37.5 Å². The lowest BCUT2D eigenvalue weighted by atomic mass is 9.81. The standard InChI is InChI=1S/C19H18F2N4O4/c1-9-22-15-11(18(29)25(9)13-5-6-14(26)24-17(13)28)3-2-4-12(15)23-16(27)10-7-19(20,21)8-10/h2-4,10,13H,5-8H2,1H3,(H,23,27)(H,24,26,28). The predicted molar refractivity (Wildman–Crippen MR) is 98.5 cm³/mol. The molecule has 1 saturated carbocycles. The summed E-state index contributed by atoms with van der Waals surface area (Å²) >= 11 is 0. The molecule has 0 spiro atoms. The lowest BCUT2D eigenvalue weighted by Crippen LogP contribution is -2.45. The van der Waals surface area contributed by atoms with Crippen molar-refractivity contribution in [3.8, 4) is 0 Å². The molecule has 0 radical (unpaired) electrons. The number of alkyl halides is 2. The van der Waals surface area contributed by atoms with E-state index in [9.17, 15) is 28.0 Å². The van der Waals surface area contributed by atoms with Gasteiger partial charge in [-0.15, -0.1) is 0 Å². The molecule has 2 aliphatic rings. The third-order valence-electron chi connectivity index (χ3n) is 5.35. The largest absolute Gasteiger partial charge is 0.324 e. The number of carbonyl (C=O) groups excluding carboxylic acids is 3. The first-order valence-electron chi connectivity index (χ1n) is 9.20. The Bertz CT molecular complexity index is 1100. The van der Waals surface area contributed by atoms with Crippen LogP contribution < -0.4 is 16.2 Å². The maximum Gasteiger partial charge on any atom is 0.262 e. The molecule has 2 heterocycles. The number of amides is 3. The molecule has 1 saturated heterocycles. The molecule has 2 aromatic rings. The van der Waals surface area contributed by atoms with Crippen molar-refractivity contribution in [3.63, 3.8) is 0 Å². The summed E-state index contributed by atoms with van der Waals surface area (Å²) in [5, 5.41) is 4.98. The predicted octanol–water partition coefficient (Wildman–Crippen LogP) is 1.67. The highest BCUT2D eigenvalue weighted by Gasteiger charge is 2.48. The van der Waals surface area contributed by atoms with Crippen molar-refractivity contribution in [2.45, 2.75) is 44.6 Å². The average molecular weight is 404 g/mol. The third-order valence-corrected chi connectivity index (χ3v) is 5.35. The Hall–Kier alpha value is -3.17. The number of nitrogens with one attached hydrogen (secondary N) is 2. The van der Waals surface area contributed by atoms with Crippen molar-refractivity contribution in [2.24, 2.45) is 5.92 Å². The first kappa shape index (κ1) is 19.2. The second-order valence-electron chi connectivity index (χ2n) is 7.45. The Morgan fingerprint density at radius 3 is 2.66 bits per heavy atom. The zero-order valence-electron chi connectivity index (χ0n) is 15.5. The summed E-state index contributed by atoms with van der Waals surface area (Å²) in [5.74, 6) is -4.86. The van der Waals surface area contributed by atoms with Crippen molar-refractivity contribution in [3.05, 3.63) is 34.4 Å². The van der Waals surface area contributed by atoms with Gasteiger partial charge in [-0.05, 0) is 25.5 Å². The molecule has 1 aliphatic heterocycles. The normalized spacial score (nSPS) is 21.6. The molecule has 0 bridgehead atoms. The molecule has 4 rings (SSSR count). The number of aromatic nitrogens is 2. The number of fused-ring (bicyclic) bond motifs is 1. The van der Waals surface area contributed by atoms with E-state index in [2.05, 4.69) is 15.6 Å². The summed E-state index contributed by atoms with van der Waals surface area (Å²) in [4.78, 5) is 53.2. The molecule has 8 nitrogen and oxygen atoms in total. The van der Waals surface area contributed by atoms with Crippen LogP contribution in [-0.2, 0) is 14.4 Å². The van der Waals surface area contributed by atoms with Gasteiger partial charge in [0.25, 0.3) is 5.56 Å². The lowest BCUT2D eigenvalue weighted by molar-refractivity contribution is -0.145. The van der Waals surface area contributed by atoms with Crippen LogP contribution in [0.3, 0.4) is 0 Å². The zero-order valence-corrected chi connectivity index (χ0v) is 15.5. The number of nitrogens with zero attached hydrogens (tertiary/aromatic N) is 2. The molecule has 10 heteroatoms. The lowest BCUT2D eigenvalue weighted by Gasteiger charge is -2.33. The van der Waals surface area contributed by atoms with E-state index in [1.807, 2.05) is 0 Å². The Morgan fingerprint density at radius 2 is 2.00 bits per heavy atom. The minimum atomic E-state index is -2.81. The smallest absolute Gasteiger partial charge is 0.262 e. The molecule has 29 heavy (non-hydrogen) atoms. The van der Waals surface area contributed by atoms with E-state index in [0.717, 1.165) is 0 Å². The maximum atomic E-state index is 13.0. The minimum Gasteiger partial charge on any atom is -0.324 e. The third kappa shape index (κ3) is 3.39. The number of hydrogen-bond acceptors (Lipinski definition) is 5. The summed E-state index contributed by atoms with van der Waals surface area (Å²) in [6.07, 6.45) is -0.704. The Balaban J connectivity index is 1.69. The summed E-state index contributed by atoms with van der Waals surface area (Å²) < 4.78 is 27.3. The summed E-state index contributed by atoms with van der Waals surface area (Å²) in [5.41, 5.74) is -0.00964. The Labute approximate surface area is 163 Å². The fourth-order valence-corrected chi connectivity index (χ4v) is 3.81. The Morgan fingerprint density at radius 1 is 1.28 bits per heavy atom. The van der Waals surface area contributed by atoms with Crippen molar-refractivity contribution in [1.29, 1.82) is 0 Å². The highest BCUT2D eigenvalue weighted by Crippen LogP contribution is 2.43. The molecular formula is C19H18F2N4O4. The number of rotatable bonds is 3. The summed E-state index contributed by atoms with van der Waals surface area (Å²) in [6.45, 7) is 1.55. The van der Waals surface area contributed by atoms with Gasteiger partial charge in [0, 0.05) is 25.2 Å². The molecule has 3 amide bonds. The number of hydrogen-bond donors (Lipinski definition) is 2. The quantitative estimate of drug-likeness (QED) is 0.756. The number of aryl methyl sites for hydroxylation is 1. The molecule has 1 aromatic carbocycles. The molecule has 2 N–H and O–H groups in total. The van der Waals surface area contributed by atoms with Gasteiger partial charge in [-0.2, -0.15) is 0 Å². The fourth-order valence-electron chi connectivity index (χ4n) is 3.81. The molecule has 1 unspecified atom stereocenters. The van der Waals surface area contributed by atoms with Crippen LogP contribution >= 0.6 is 0 Å². The van der Waals surface area contributed by atoms with Gasteiger partial charge in [-0.3, -0.25) is 29.1 Å². The minimum absolute atomic E-state index is 0.114. The fraction of sp³-hybridized carbons (Fsp3) is 0.421. The molecule has 1 atom stereocenters. The number of anilines is 1. The van der Waals surface area contributed by atoms with Crippen LogP contribution in [0.15, 0.2) is 23.0 Å². The van der Waals surface area contributed by atoms with Crippen LogP contribution in [0.5, 0.6) is 0 Å². The highest BCUT2D eigenvalue weighted by molar-refractivity contribution is 6.02. The van der Waals surface area contributed by atoms with Crippen LogP contribution in [-0.4, -0.2) is 33.2 Å². The molecular weight excluding hydrogens is 386 g/mol. The second-order valence-corrected chi connectivity index (χ2v) is 7.45. The van der Waals surface area contributed by atoms with Crippen molar-refractivity contribution >= 4 is 34.3 Å². The van der Waals surface area contributed by atoms with E-state index in [4.69, 9.17) is 0 Å². The van der Waals surface area contributed by atoms with Crippen LogP contribution in [0.25, 0.3) is 10.9 Å². The number of imide groups is 1. The van der Waals surface area contributed by atoms with E-state index in [0.29, 0.717) is 0 Å². The second kappa shape index (κ2) is 6.71. The number of benzene rings is 1. The molecule has 152 valence electrons. The first-order chi connectivity index (χ1) is 13.7. The van der Waals surface area contributed by atoms with Crippen LogP contribution in [0.2, 0.25) is 0 Å². The first-order valence-corrected chi connectivity index (χ1v) is 9.20. The average Bonchev–Trinajstić information content (AvgIpc) is 2.62. The number of carbonyl (C=O) groups is 3. The van der Waals surface area contributed by atoms with Gasteiger partial charge in [-0.1, -0.05) is 6.07 Å². The summed E-state index contributed by atoms with van der Waals surface area (Å²) in [6, 6.07) is 3.74. The van der Waals surface area contributed by atoms with E-state index < -0.39 is 54.0 Å². The zero-order chi connectivity index (χ0) is 20.9. The number of piperidine rings is 1. The van der Waals surface area contributed by atoms with Crippen molar-refractivity contribution in [1.82, 2.24) is 14.9 Å². The van der Waals surface area contributed by atoms with Crippen LogP contribution in [0.4, 0.5) is 14.5 Å². The van der Waals surface area contributed by atoms with Gasteiger partial charge >= 0.3 is 0 Å². The van der Waals surface area contributed by atoms with E-state index in [1.54, 1.807) is 19.1 Å². The maximum absolute atomic E-state index is 13.0. The molecule has 1 aliphatic carbocycles. The van der Waals surface area contributed by atoms with E-state index in [1.165, 1.54) is 10.6 Å². The number of para-hydroxylation sites is 1. The van der Waals surface area contributed by atoms with Crippen molar-refractivity contribution in [2.75, 3.05) is 5.32 Å². The topological polar surface area (TPSA) is 110 Å². The van der Waals surface area contributed by atoms with Gasteiger partial charge in [0.15, 0.2) is 0 Å². The molecule has 2 fully saturated rings. The van der Waals surface area contributed by atoms with Gasteiger partial charge in [0.05, 0.1) is 11.1 Å². The van der Waals surface area contributed by atoms with Crippen molar-refractivity contribution < 1.29 is 23.2 Å². The van der Waals surface area contributed by atoms with Gasteiger partial charge in [0.1, 0.15) is 17.4 Å². The monoisotopic (exact) mass is 404 g/mol. The van der Waals surface area contributed by atoms with Gasteiger partial charge in [0.2, 0.25) is 23.6 Å². The molecule has 1 aromatic heterocycles. The van der Waals surface area contributed by atoms with Gasteiger partial charge in [-0.25, -0.2) is 13.8 Å². The van der Waals surface area contributed by atoms with Crippen LogP contribution in [0, 0.1) is 12.8 Å². The van der Waals surface area contributed by atoms with Gasteiger partial charge < -0.3 is 5.32 Å². The number of halogens is 2. The van der Waals surface area contributed by atoms with E-state index >= 15 is 0 Å². The van der Waals surface area contributed by atoms with E-state index in [-0.39, 0.29) is 35.3 Å². The summed E-state index contributed by atoms with van der Waals surface area (Å²) in [7, 11) is 0. The highest BCUT2D eigenvalue weighted by atomic mass is 19.3. The SMILES string of the molecule is Cc1nc2c(NC(=O)C3CC(F)(F)C3)cccc2c(=O)n1C1CCC(=O)NC1=O. The Kier molecular flexibility index (Phi) is 4.44.